The van der Waals surface area contributed by atoms with Crippen molar-refractivity contribution in [3.63, 3.8) is 0 Å². The molecule has 0 aromatic carbocycles. The van der Waals surface area contributed by atoms with Gasteiger partial charge in [0.05, 0.1) is 13.2 Å². The second kappa shape index (κ2) is 2.87. The molecular formula is C6H14NO3P. The summed E-state index contributed by atoms with van der Waals surface area (Å²) in [7, 11) is -1.36. The van der Waals surface area contributed by atoms with E-state index in [2.05, 4.69) is 5.09 Å². The lowest BCUT2D eigenvalue weighted by Crippen LogP contribution is -2.31. The van der Waals surface area contributed by atoms with Gasteiger partial charge in [-0.2, -0.15) is 0 Å². The normalized spacial score (nSPS) is 28.3. The lowest BCUT2D eigenvalue weighted by atomic mass is 9.97. The van der Waals surface area contributed by atoms with Gasteiger partial charge in [0.25, 0.3) is 0 Å². The van der Waals surface area contributed by atoms with Gasteiger partial charge in [0.15, 0.2) is 0 Å². The molecule has 0 saturated carbocycles. The van der Waals surface area contributed by atoms with Gasteiger partial charge in [-0.05, 0) is 7.05 Å². The minimum Gasteiger partial charge on any atom is -0.296 e. The monoisotopic (exact) mass is 179 g/mol. The number of hydrogen-bond donors (Lipinski definition) is 1. The van der Waals surface area contributed by atoms with Crippen LogP contribution in [0.5, 0.6) is 0 Å². The van der Waals surface area contributed by atoms with Gasteiger partial charge in [-0.3, -0.25) is 9.05 Å². The maximum absolute atomic E-state index is 11.3. The van der Waals surface area contributed by atoms with E-state index in [-0.39, 0.29) is 5.41 Å². The Morgan fingerprint density at radius 3 is 2.18 bits per heavy atom. The Hall–Kier alpha value is 0.110. The molecule has 0 aliphatic carbocycles. The van der Waals surface area contributed by atoms with Crippen LogP contribution < -0.4 is 5.09 Å². The fourth-order valence-electron chi connectivity index (χ4n) is 0.727. The van der Waals surface area contributed by atoms with E-state index in [1.165, 1.54) is 0 Å². The Bertz CT molecular complexity index is 178. The molecule has 1 aliphatic heterocycles. The lowest BCUT2D eigenvalue weighted by molar-refractivity contribution is 0.0380. The lowest BCUT2D eigenvalue weighted by Gasteiger charge is -2.33. The van der Waals surface area contributed by atoms with E-state index in [9.17, 15) is 4.57 Å². The maximum atomic E-state index is 11.3. The van der Waals surface area contributed by atoms with Crippen molar-refractivity contribution in [2.24, 2.45) is 5.41 Å². The molecule has 0 spiro atoms. The molecule has 0 aromatic rings. The van der Waals surface area contributed by atoms with Crippen LogP contribution in [-0.2, 0) is 13.6 Å². The molecule has 0 unspecified atom stereocenters. The highest BCUT2D eigenvalue weighted by atomic mass is 31.2. The number of hydrogen-bond acceptors (Lipinski definition) is 3. The van der Waals surface area contributed by atoms with Crippen LogP contribution in [0.4, 0.5) is 0 Å². The second-order valence-electron chi connectivity index (χ2n) is 3.43. The van der Waals surface area contributed by atoms with Crippen molar-refractivity contribution in [3.8, 4) is 0 Å². The van der Waals surface area contributed by atoms with Crippen LogP contribution in [0.15, 0.2) is 0 Å². The molecule has 0 radical (unpaired) electrons. The minimum absolute atomic E-state index is 0.0231. The summed E-state index contributed by atoms with van der Waals surface area (Å²) in [6.07, 6.45) is 0. The Labute approximate surface area is 66.9 Å². The fourth-order valence-corrected chi connectivity index (χ4v) is 2.10. The summed E-state index contributed by atoms with van der Waals surface area (Å²) in [5.74, 6) is 0. The molecule has 1 fully saturated rings. The zero-order valence-electron chi connectivity index (χ0n) is 7.09. The molecule has 1 aliphatic rings. The van der Waals surface area contributed by atoms with Gasteiger partial charge in [-0.1, -0.05) is 13.8 Å². The summed E-state index contributed by atoms with van der Waals surface area (Å²) in [6.45, 7) is 4.97. The molecule has 66 valence electrons. The summed E-state index contributed by atoms with van der Waals surface area (Å²) >= 11 is 0. The zero-order valence-corrected chi connectivity index (χ0v) is 7.98. The molecule has 1 N–H and O–H groups in total. The smallest absolute Gasteiger partial charge is 0.296 e. The van der Waals surface area contributed by atoms with Gasteiger partial charge >= 0.3 is 7.75 Å². The predicted octanol–water partition coefficient (Wildman–Crippen LogP) is 1.39. The second-order valence-corrected chi connectivity index (χ2v) is 5.39. The first-order valence-corrected chi connectivity index (χ1v) is 5.10. The molecule has 0 aromatic heterocycles. The largest absolute Gasteiger partial charge is 0.405 e. The van der Waals surface area contributed by atoms with E-state index >= 15 is 0 Å². The first-order valence-electron chi connectivity index (χ1n) is 3.56. The maximum Gasteiger partial charge on any atom is 0.405 e. The summed E-state index contributed by atoms with van der Waals surface area (Å²) in [5.41, 5.74) is -0.0231. The Kier molecular flexibility index (Phi) is 2.40. The third-order valence-electron chi connectivity index (χ3n) is 1.52. The predicted molar refractivity (Wildman–Crippen MR) is 42.4 cm³/mol. The number of nitrogens with one attached hydrogen (secondary N) is 1. The van der Waals surface area contributed by atoms with E-state index in [0.717, 1.165) is 0 Å². The Balaban J connectivity index is 2.55. The summed E-state index contributed by atoms with van der Waals surface area (Å²) in [6, 6.07) is 0. The summed E-state index contributed by atoms with van der Waals surface area (Å²) < 4.78 is 21.4. The van der Waals surface area contributed by atoms with E-state index in [0.29, 0.717) is 13.2 Å². The molecule has 0 amide bonds. The van der Waals surface area contributed by atoms with Crippen molar-refractivity contribution in [2.75, 3.05) is 20.3 Å². The van der Waals surface area contributed by atoms with E-state index in [1.54, 1.807) is 7.05 Å². The molecule has 0 atom stereocenters. The first kappa shape index (κ1) is 9.20. The molecule has 1 heterocycles. The summed E-state index contributed by atoms with van der Waals surface area (Å²) in [4.78, 5) is 0. The molecule has 11 heavy (non-hydrogen) atoms. The highest BCUT2D eigenvalue weighted by Crippen LogP contribution is 2.49. The quantitative estimate of drug-likeness (QED) is 0.618. The van der Waals surface area contributed by atoms with Crippen molar-refractivity contribution >= 4 is 7.75 Å². The first-order chi connectivity index (χ1) is 4.97. The van der Waals surface area contributed by atoms with Crippen molar-refractivity contribution < 1.29 is 13.6 Å². The van der Waals surface area contributed by atoms with Crippen LogP contribution >= 0.6 is 7.75 Å². The summed E-state index contributed by atoms with van der Waals surface area (Å²) in [5, 5.41) is 2.53. The Morgan fingerprint density at radius 1 is 1.36 bits per heavy atom. The molecule has 1 saturated heterocycles. The van der Waals surface area contributed by atoms with E-state index in [1.807, 2.05) is 13.8 Å². The topological polar surface area (TPSA) is 47.6 Å². The van der Waals surface area contributed by atoms with Crippen molar-refractivity contribution in [1.82, 2.24) is 5.09 Å². The van der Waals surface area contributed by atoms with Gasteiger partial charge in [0.2, 0.25) is 0 Å². The van der Waals surface area contributed by atoms with Crippen molar-refractivity contribution in [3.05, 3.63) is 0 Å². The van der Waals surface area contributed by atoms with Gasteiger partial charge in [-0.25, -0.2) is 9.65 Å². The van der Waals surface area contributed by atoms with Crippen LogP contribution in [0, 0.1) is 5.41 Å². The minimum atomic E-state index is -2.92. The van der Waals surface area contributed by atoms with Crippen LogP contribution in [0.2, 0.25) is 0 Å². The number of rotatable bonds is 1. The van der Waals surface area contributed by atoms with E-state index in [4.69, 9.17) is 9.05 Å². The standard InChI is InChI=1S/C6H14NO3P/c1-6(2)4-9-11(8,7-3)10-5-6/h4-5H2,1-3H3,(H,7,8). The molecular weight excluding hydrogens is 165 g/mol. The van der Waals surface area contributed by atoms with Crippen LogP contribution in [0.25, 0.3) is 0 Å². The molecule has 5 heteroatoms. The molecule has 1 rings (SSSR count). The van der Waals surface area contributed by atoms with Gasteiger partial charge in [0, 0.05) is 5.41 Å². The van der Waals surface area contributed by atoms with Crippen LogP contribution in [0.1, 0.15) is 13.8 Å². The third kappa shape index (κ3) is 2.27. The van der Waals surface area contributed by atoms with Gasteiger partial charge in [-0.15, -0.1) is 0 Å². The molecule has 0 bridgehead atoms. The highest BCUT2D eigenvalue weighted by Gasteiger charge is 2.35. The average Bonchev–Trinajstić information content (AvgIpc) is 1.97. The van der Waals surface area contributed by atoms with Crippen molar-refractivity contribution in [1.29, 1.82) is 0 Å². The van der Waals surface area contributed by atoms with Crippen LogP contribution in [-0.4, -0.2) is 20.3 Å². The SMILES string of the molecule is CNP1(=O)OCC(C)(C)CO1. The van der Waals surface area contributed by atoms with Crippen molar-refractivity contribution in [2.45, 2.75) is 13.8 Å². The van der Waals surface area contributed by atoms with Crippen LogP contribution in [0.3, 0.4) is 0 Å². The highest BCUT2D eigenvalue weighted by molar-refractivity contribution is 7.51. The molecule has 4 nitrogen and oxygen atoms in total. The average molecular weight is 179 g/mol. The van der Waals surface area contributed by atoms with E-state index < -0.39 is 7.75 Å². The third-order valence-corrected chi connectivity index (χ3v) is 3.01. The fraction of sp³-hybridized carbons (Fsp3) is 1.00. The van der Waals surface area contributed by atoms with Gasteiger partial charge < -0.3 is 0 Å². The zero-order chi connectivity index (χ0) is 8.54. The Morgan fingerprint density at radius 2 is 1.82 bits per heavy atom. The van der Waals surface area contributed by atoms with Gasteiger partial charge in [0.1, 0.15) is 0 Å².